The van der Waals surface area contributed by atoms with Crippen LogP contribution in [0, 0.1) is 0 Å². The van der Waals surface area contributed by atoms with E-state index in [-0.39, 0.29) is 14.7 Å². The molecule has 1 aromatic heterocycles. The highest BCUT2D eigenvalue weighted by molar-refractivity contribution is 7.91. The standard InChI is InChI=1S/C13H16N4O6S2/c1-17-12(24-13(16-17)25(14,19)20)15-11(18)7-5-8(21-2)10(23-4)9(6-7)22-3/h5-6H,1-4H3,(H2,14,19,20). The quantitative estimate of drug-likeness (QED) is 0.755. The molecule has 10 nitrogen and oxygen atoms in total. The molecule has 2 aromatic rings. The molecule has 0 aliphatic carbocycles. The lowest BCUT2D eigenvalue weighted by atomic mass is 10.1. The van der Waals surface area contributed by atoms with E-state index < -0.39 is 15.9 Å². The van der Waals surface area contributed by atoms with Crippen LogP contribution in [0.1, 0.15) is 10.4 Å². The molecule has 2 N–H and O–H groups in total. The summed E-state index contributed by atoms with van der Waals surface area (Å²) in [6.45, 7) is 0. The summed E-state index contributed by atoms with van der Waals surface area (Å²) >= 11 is 0.681. The molecule has 0 spiro atoms. The summed E-state index contributed by atoms with van der Waals surface area (Å²) in [6.07, 6.45) is 0. The topological polar surface area (TPSA) is 135 Å². The Hall–Kier alpha value is -2.44. The molecule has 0 aliphatic rings. The fraction of sp³-hybridized carbons (Fsp3) is 0.308. The largest absolute Gasteiger partial charge is 0.493 e. The Morgan fingerprint density at radius 2 is 1.76 bits per heavy atom. The molecule has 2 rings (SSSR count). The summed E-state index contributed by atoms with van der Waals surface area (Å²) in [4.78, 5) is 16.4. The summed E-state index contributed by atoms with van der Waals surface area (Å²) < 4.78 is 39.0. The van der Waals surface area contributed by atoms with Gasteiger partial charge in [0.25, 0.3) is 15.9 Å². The van der Waals surface area contributed by atoms with E-state index in [1.165, 1.54) is 40.5 Å². The number of carbonyl (C=O) groups is 1. The first-order valence-electron chi connectivity index (χ1n) is 6.67. The van der Waals surface area contributed by atoms with Crippen molar-refractivity contribution >= 4 is 27.3 Å². The molecular formula is C13H16N4O6S2. The normalized spacial score (nSPS) is 12.1. The lowest BCUT2D eigenvalue weighted by Gasteiger charge is -2.12. The number of hydrogen-bond acceptors (Lipinski definition) is 8. The molecule has 1 heterocycles. The van der Waals surface area contributed by atoms with Crippen LogP contribution in [-0.2, 0) is 17.1 Å². The molecule has 25 heavy (non-hydrogen) atoms. The second-order valence-corrected chi connectivity index (χ2v) is 7.34. The molecule has 1 amide bonds. The Kier molecular flexibility index (Phi) is 5.45. The van der Waals surface area contributed by atoms with E-state index in [9.17, 15) is 13.2 Å². The van der Waals surface area contributed by atoms with Crippen molar-refractivity contribution in [2.75, 3.05) is 21.3 Å². The number of aromatic nitrogens is 2. The van der Waals surface area contributed by atoms with Gasteiger partial charge in [-0.05, 0) is 12.1 Å². The third kappa shape index (κ3) is 3.97. The van der Waals surface area contributed by atoms with Gasteiger partial charge in [0.05, 0.1) is 21.3 Å². The maximum Gasteiger partial charge on any atom is 0.279 e. The van der Waals surface area contributed by atoms with Crippen molar-refractivity contribution in [1.82, 2.24) is 9.78 Å². The number of ether oxygens (including phenoxy) is 3. The molecule has 0 saturated carbocycles. The number of nitrogens with two attached hydrogens (primary N) is 1. The predicted octanol–water partition coefficient (Wildman–Crippen LogP) is -0.104. The van der Waals surface area contributed by atoms with E-state index in [0.717, 1.165) is 4.68 Å². The molecule has 0 fully saturated rings. The second kappa shape index (κ2) is 7.21. The summed E-state index contributed by atoms with van der Waals surface area (Å²) in [6, 6.07) is 2.88. The van der Waals surface area contributed by atoms with Gasteiger partial charge >= 0.3 is 0 Å². The van der Waals surface area contributed by atoms with Crippen LogP contribution in [0.4, 0.5) is 0 Å². The van der Waals surface area contributed by atoms with E-state index >= 15 is 0 Å². The molecule has 0 radical (unpaired) electrons. The molecular weight excluding hydrogens is 372 g/mol. The molecule has 0 unspecified atom stereocenters. The van der Waals surface area contributed by atoms with E-state index in [0.29, 0.717) is 28.6 Å². The van der Waals surface area contributed by atoms with Gasteiger partial charge in [-0.1, -0.05) is 11.3 Å². The first kappa shape index (κ1) is 18.9. The van der Waals surface area contributed by atoms with Crippen molar-refractivity contribution in [2.45, 2.75) is 4.34 Å². The zero-order valence-electron chi connectivity index (χ0n) is 13.8. The summed E-state index contributed by atoms with van der Waals surface area (Å²) in [5.74, 6) is 0.277. The zero-order chi connectivity index (χ0) is 18.8. The van der Waals surface area contributed by atoms with Crippen LogP contribution in [0.25, 0.3) is 0 Å². The fourth-order valence-electron chi connectivity index (χ4n) is 1.90. The number of primary sulfonamides is 1. The van der Waals surface area contributed by atoms with Gasteiger partial charge in [0.1, 0.15) is 0 Å². The van der Waals surface area contributed by atoms with Crippen molar-refractivity contribution < 1.29 is 27.4 Å². The minimum Gasteiger partial charge on any atom is -0.493 e. The second-order valence-electron chi connectivity index (χ2n) is 4.65. The number of carbonyl (C=O) groups excluding carboxylic acids is 1. The van der Waals surface area contributed by atoms with Crippen molar-refractivity contribution in [1.29, 1.82) is 0 Å². The van der Waals surface area contributed by atoms with Gasteiger partial charge in [-0.2, -0.15) is 4.99 Å². The average Bonchev–Trinajstić information content (AvgIpc) is 2.94. The van der Waals surface area contributed by atoms with Crippen molar-refractivity contribution in [3.63, 3.8) is 0 Å². The SMILES string of the molecule is COc1cc(C(=O)N=c2sc(S(N)(=O)=O)nn2C)cc(OC)c1OC. The Labute approximate surface area is 147 Å². The number of benzene rings is 1. The van der Waals surface area contributed by atoms with Gasteiger partial charge in [-0.3, -0.25) is 4.79 Å². The van der Waals surface area contributed by atoms with Crippen LogP contribution in [0.3, 0.4) is 0 Å². The van der Waals surface area contributed by atoms with Crippen LogP contribution < -0.4 is 24.2 Å². The maximum atomic E-state index is 12.4. The van der Waals surface area contributed by atoms with E-state index in [2.05, 4.69) is 10.1 Å². The van der Waals surface area contributed by atoms with E-state index in [1.807, 2.05) is 0 Å². The molecule has 0 aliphatic heterocycles. The number of methoxy groups -OCH3 is 3. The van der Waals surface area contributed by atoms with Gasteiger partial charge in [0, 0.05) is 12.6 Å². The van der Waals surface area contributed by atoms with E-state index in [4.69, 9.17) is 19.3 Å². The van der Waals surface area contributed by atoms with Gasteiger partial charge in [-0.25, -0.2) is 18.2 Å². The zero-order valence-corrected chi connectivity index (χ0v) is 15.5. The molecule has 0 bridgehead atoms. The Morgan fingerprint density at radius 1 is 1.20 bits per heavy atom. The van der Waals surface area contributed by atoms with Crippen LogP contribution in [0.15, 0.2) is 21.5 Å². The first-order valence-corrected chi connectivity index (χ1v) is 9.03. The predicted molar refractivity (Wildman–Crippen MR) is 88.4 cm³/mol. The lowest BCUT2D eigenvalue weighted by Crippen LogP contribution is -2.15. The number of rotatable bonds is 5. The number of aryl methyl sites for hydroxylation is 1. The van der Waals surface area contributed by atoms with Crippen LogP contribution >= 0.6 is 11.3 Å². The highest BCUT2D eigenvalue weighted by atomic mass is 32.2. The van der Waals surface area contributed by atoms with Crippen LogP contribution in [0.2, 0.25) is 0 Å². The van der Waals surface area contributed by atoms with Crippen molar-refractivity contribution in [3.05, 3.63) is 22.5 Å². The highest BCUT2D eigenvalue weighted by Gasteiger charge is 2.18. The minimum absolute atomic E-state index is 0.0720. The van der Waals surface area contributed by atoms with Gasteiger partial charge < -0.3 is 14.2 Å². The summed E-state index contributed by atoms with van der Waals surface area (Å²) in [5, 5.41) is 8.75. The Bertz CT molecular complexity index is 952. The number of amides is 1. The average molecular weight is 388 g/mol. The first-order chi connectivity index (χ1) is 11.7. The third-order valence-corrected chi connectivity index (χ3v) is 5.35. The van der Waals surface area contributed by atoms with Crippen molar-refractivity contribution in [3.8, 4) is 17.2 Å². The number of nitrogens with zero attached hydrogens (tertiary/aromatic N) is 3. The van der Waals surface area contributed by atoms with Gasteiger partial charge in [-0.15, -0.1) is 5.10 Å². The smallest absolute Gasteiger partial charge is 0.279 e. The van der Waals surface area contributed by atoms with Crippen molar-refractivity contribution in [2.24, 2.45) is 17.2 Å². The third-order valence-electron chi connectivity index (χ3n) is 3.04. The highest BCUT2D eigenvalue weighted by Crippen LogP contribution is 2.38. The lowest BCUT2D eigenvalue weighted by molar-refractivity contribution is 0.0997. The summed E-state index contributed by atoms with van der Waals surface area (Å²) in [5.41, 5.74) is 0.167. The molecule has 0 atom stereocenters. The molecule has 136 valence electrons. The Morgan fingerprint density at radius 3 is 2.16 bits per heavy atom. The number of hydrogen-bond donors (Lipinski definition) is 1. The molecule has 12 heteroatoms. The number of sulfonamides is 1. The van der Waals surface area contributed by atoms with E-state index in [1.54, 1.807) is 0 Å². The van der Waals surface area contributed by atoms with Gasteiger partial charge in [0.2, 0.25) is 14.9 Å². The maximum absolute atomic E-state index is 12.4. The molecule has 1 aromatic carbocycles. The molecule has 0 saturated heterocycles. The minimum atomic E-state index is -3.98. The van der Waals surface area contributed by atoms with Crippen LogP contribution in [-0.4, -0.2) is 45.4 Å². The Balaban J connectivity index is 2.54. The monoisotopic (exact) mass is 388 g/mol. The summed E-state index contributed by atoms with van der Waals surface area (Å²) in [7, 11) is 1.76. The van der Waals surface area contributed by atoms with Gasteiger partial charge in [0.15, 0.2) is 11.5 Å². The van der Waals surface area contributed by atoms with Crippen LogP contribution in [0.5, 0.6) is 17.2 Å². The fourth-order valence-corrected chi connectivity index (χ4v) is 3.44.